The molecular weight excluding hydrogens is 283 g/mol. The predicted octanol–water partition coefficient (Wildman–Crippen LogP) is 2.48. The van der Waals surface area contributed by atoms with Gasteiger partial charge >= 0.3 is 0 Å². The molecule has 0 amide bonds. The van der Waals surface area contributed by atoms with Gasteiger partial charge in [-0.25, -0.2) is 19.3 Å². The molecule has 0 spiro atoms. The zero-order valence-corrected chi connectivity index (χ0v) is 12.0. The standard InChI is InChI=1S/C16H15FN4O/c1-16(22,11-4-6-12(17)7-5-11)9-19-15-13-3-2-8-18-14(13)20-10-21-15/h2-8,10,22H,9H2,1H3,(H,18,19,20,21). The summed E-state index contributed by atoms with van der Waals surface area (Å²) >= 11 is 0. The zero-order valence-electron chi connectivity index (χ0n) is 12.0. The molecule has 0 bridgehead atoms. The minimum Gasteiger partial charge on any atom is -0.384 e. The van der Waals surface area contributed by atoms with Gasteiger partial charge in [0.2, 0.25) is 0 Å². The number of anilines is 1. The van der Waals surface area contributed by atoms with E-state index >= 15 is 0 Å². The van der Waals surface area contributed by atoms with Crippen molar-refractivity contribution < 1.29 is 9.50 Å². The first kappa shape index (κ1) is 14.3. The normalized spacial score (nSPS) is 13.8. The number of halogens is 1. The molecule has 0 aliphatic rings. The van der Waals surface area contributed by atoms with Crippen LogP contribution in [0.4, 0.5) is 10.2 Å². The van der Waals surface area contributed by atoms with Crippen molar-refractivity contribution in [1.82, 2.24) is 15.0 Å². The number of rotatable bonds is 4. The molecule has 2 heterocycles. The lowest BCUT2D eigenvalue weighted by atomic mass is 9.96. The second-order valence-corrected chi connectivity index (χ2v) is 5.23. The summed E-state index contributed by atoms with van der Waals surface area (Å²) in [7, 11) is 0. The Morgan fingerprint density at radius 1 is 1.14 bits per heavy atom. The summed E-state index contributed by atoms with van der Waals surface area (Å²) in [5.41, 5.74) is 0.0482. The second-order valence-electron chi connectivity index (χ2n) is 5.23. The molecule has 6 heteroatoms. The van der Waals surface area contributed by atoms with Crippen LogP contribution in [0.3, 0.4) is 0 Å². The maximum atomic E-state index is 13.0. The molecule has 0 saturated carbocycles. The van der Waals surface area contributed by atoms with Gasteiger partial charge in [-0.05, 0) is 36.8 Å². The molecule has 112 valence electrons. The highest BCUT2D eigenvalue weighted by atomic mass is 19.1. The number of aliphatic hydroxyl groups is 1. The molecule has 1 atom stereocenters. The number of aromatic nitrogens is 3. The first-order chi connectivity index (χ1) is 10.6. The number of hydrogen-bond acceptors (Lipinski definition) is 5. The summed E-state index contributed by atoms with van der Waals surface area (Å²) in [4.78, 5) is 12.4. The molecule has 0 radical (unpaired) electrons. The van der Waals surface area contributed by atoms with E-state index in [0.29, 0.717) is 17.0 Å². The van der Waals surface area contributed by atoms with Crippen molar-refractivity contribution in [1.29, 1.82) is 0 Å². The fraction of sp³-hybridized carbons (Fsp3) is 0.188. The summed E-state index contributed by atoms with van der Waals surface area (Å²) in [6.45, 7) is 1.88. The third-order valence-corrected chi connectivity index (χ3v) is 3.47. The molecule has 0 aliphatic heterocycles. The summed E-state index contributed by atoms with van der Waals surface area (Å²) in [6, 6.07) is 9.45. The molecule has 2 aromatic heterocycles. The molecule has 1 aromatic carbocycles. The number of nitrogens with one attached hydrogen (secondary N) is 1. The summed E-state index contributed by atoms with van der Waals surface area (Å²) < 4.78 is 13.0. The van der Waals surface area contributed by atoms with E-state index in [4.69, 9.17) is 0 Å². The fourth-order valence-corrected chi connectivity index (χ4v) is 2.20. The van der Waals surface area contributed by atoms with Crippen LogP contribution >= 0.6 is 0 Å². The third-order valence-electron chi connectivity index (χ3n) is 3.47. The number of hydrogen-bond donors (Lipinski definition) is 2. The maximum Gasteiger partial charge on any atom is 0.164 e. The SMILES string of the molecule is CC(O)(CNc1ncnc2ncccc12)c1ccc(F)cc1. The van der Waals surface area contributed by atoms with Crippen molar-refractivity contribution in [3.05, 3.63) is 60.3 Å². The van der Waals surface area contributed by atoms with E-state index in [0.717, 1.165) is 5.39 Å². The lowest BCUT2D eigenvalue weighted by Gasteiger charge is -2.24. The molecule has 0 saturated heterocycles. The van der Waals surface area contributed by atoms with Crippen LogP contribution < -0.4 is 5.32 Å². The van der Waals surface area contributed by atoms with Crippen LogP contribution in [0.2, 0.25) is 0 Å². The van der Waals surface area contributed by atoms with Crippen LogP contribution in [0.5, 0.6) is 0 Å². The van der Waals surface area contributed by atoms with Crippen molar-refractivity contribution in [3.8, 4) is 0 Å². The van der Waals surface area contributed by atoms with Crippen LogP contribution in [0.15, 0.2) is 48.9 Å². The molecule has 0 fully saturated rings. The minimum absolute atomic E-state index is 0.222. The Bertz CT molecular complexity index is 784. The zero-order chi connectivity index (χ0) is 15.6. The quantitative estimate of drug-likeness (QED) is 0.774. The van der Waals surface area contributed by atoms with E-state index < -0.39 is 5.60 Å². The van der Waals surface area contributed by atoms with E-state index in [2.05, 4.69) is 20.3 Å². The van der Waals surface area contributed by atoms with E-state index in [1.807, 2.05) is 6.07 Å². The Labute approximate surface area is 126 Å². The smallest absolute Gasteiger partial charge is 0.164 e. The molecule has 5 nitrogen and oxygen atoms in total. The fourth-order valence-electron chi connectivity index (χ4n) is 2.20. The second kappa shape index (κ2) is 5.65. The Morgan fingerprint density at radius 2 is 1.91 bits per heavy atom. The van der Waals surface area contributed by atoms with E-state index in [1.165, 1.54) is 18.5 Å². The Morgan fingerprint density at radius 3 is 2.68 bits per heavy atom. The first-order valence-corrected chi connectivity index (χ1v) is 6.84. The van der Waals surface area contributed by atoms with Gasteiger partial charge in [0.05, 0.1) is 5.39 Å². The van der Waals surface area contributed by atoms with Crippen molar-refractivity contribution in [3.63, 3.8) is 0 Å². The highest BCUT2D eigenvalue weighted by molar-refractivity contribution is 5.85. The Balaban J connectivity index is 1.82. The summed E-state index contributed by atoms with van der Waals surface area (Å²) in [5.74, 6) is 0.265. The van der Waals surface area contributed by atoms with Crippen LogP contribution in [0.1, 0.15) is 12.5 Å². The molecular formula is C16H15FN4O. The molecule has 3 aromatic rings. The predicted molar refractivity (Wildman–Crippen MR) is 81.8 cm³/mol. The van der Waals surface area contributed by atoms with E-state index in [9.17, 15) is 9.50 Å². The van der Waals surface area contributed by atoms with Gasteiger partial charge in [-0.2, -0.15) is 0 Å². The van der Waals surface area contributed by atoms with Crippen LogP contribution in [-0.2, 0) is 5.60 Å². The van der Waals surface area contributed by atoms with E-state index in [-0.39, 0.29) is 12.4 Å². The van der Waals surface area contributed by atoms with Gasteiger partial charge < -0.3 is 10.4 Å². The van der Waals surface area contributed by atoms with Crippen LogP contribution in [0, 0.1) is 5.82 Å². The number of nitrogens with zero attached hydrogens (tertiary/aromatic N) is 3. The number of benzene rings is 1. The van der Waals surface area contributed by atoms with Gasteiger partial charge in [-0.1, -0.05) is 12.1 Å². The molecule has 0 aliphatic carbocycles. The highest BCUT2D eigenvalue weighted by Gasteiger charge is 2.23. The monoisotopic (exact) mass is 298 g/mol. The van der Waals surface area contributed by atoms with E-state index in [1.54, 1.807) is 31.3 Å². The van der Waals surface area contributed by atoms with Crippen molar-refractivity contribution in [2.45, 2.75) is 12.5 Å². The van der Waals surface area contributed by atoms with Gasteiger partial charge in [0.25, 0.3) is 0 Å². The maximum absolute atomic E-state index is 13.0. The lowest BCUT2D eigenvalue weighted by molar-refractivity contribution is 0.0714. The van der Waals surface area contributed by atoms with Gasteiger partial charge in [-0.15, -0.1) is 0 Å². The number of fused-ring (bicyclic) bond motifs is 1. The van der Waals surface area contributed by atoms with Crippen molar-refractivity contribution >= 4 is 16.9 Å². The van der Waals surface area contributed by atoms with Crippen molar-refractivity contribution in [2.75, 3.05) is 11.9 Å². The Kier molecular flexibility index (Phi) is 3.68. The largest absolute Gasteiger partial charge is 0.384 e. The Hall–Kier alpha value is -2.60. The molecule has 1 unspecified atom stereocenters. The third kappa shape index (κ3) is 2.87. The summed E-state index contributed by atoms with van der Waals surface area (Å²) in [5, 5.41) is 14.4. The van der Waals surface area contributed by atoms with Crippen LogP contribution in [-0.4, -0.2) is 26.6 Å². The lowest BCUT2D eigenvalue weighted by Crippen LogP contribution is -2.31. The topological polar surface area (TPSA) is 70.9 Å². The van der Waals surface area contributed by atoms with Crippen molar-refractivity contribution in [2.24, 2.45) is 0 Å². The molecule has 3 rings (SSSR count). The molecule has 22 heavy (non-hydrogen) atoms. The van der Waals surface area contributed by atoms with Crippen LogP contribution in [0.25, 0.3) is 11.0 Å². The average Bonchev–Trinajstić information content (AvgIpc) is 2.53. The minimum atomic E-state index is -1.16. The van der Waals surface area contributed by atoms with Gasteiger partial charge in [0.1, 0.15) is 23.6 Å². The van der Waals surface area contributed by atoms with Gasteiger partial charge in [0, 0.05) is 12.7 Å². The highest BCUT2D eigenvalue weighted by Crippen LogP contribution is 2.23. The first-order valence-electron chi connectivity index (χ1n) is 6.84. The number of pyridine rings is 1. The van der Waals surface area contributed by atoms with Gasteiger partial charge in [0.15, 0.2) is 5.65 Å². The summed E-state index contributed by atoms with van der Waals surface area (Å²) in [6.07, 6.45) is 3.08. The van der Waals surface area contributed by atoms with Gasteiger partial charge in [-0.3, -0.25) is 0 Å². The molecule has 2 N–H and O–H groups in total. The average molecular weight is 298 g/mol.